The Morgan fingerprint density at radius 3 is 2.43 bits per heavy atom. The van der Waals surface area contributed by atoms with E-state index >= 15 is 0 Å². The van der Waals surface area contributed by atoms with Gasteiger partial charge in [-0.2, -0.15) is 0 Å². The van der Waals surface area contributed by atoms with Crippen molar-refractivity contribution >= 4 is 11.6 Å². The van der Waals surface area contributed by atoms with Gasteiger partial charge in [0.15, 0.2) is 11.6 Å². The van der Waals surface area contributed by atoms with E-state index in [1.807, 2.05) is 5.43 Å². The van der Waals surface area contributed by atoms with Crippen LogP contribution in [0.2, 0.25) is 0 Å². The van der Waals surface area contributed by atoms with Crippen LogP contribution in [-0.2, 0) is 4.74 Å². The zero-order valence-electron chi connectivity index (χ0n) is 11.8. The molecule has 5 nitrogen and oxygen atoms in total. The largest absolute Gasteiger partial charge is 0.381 e. The number of hydrogen-bond donors (Lipinski definition) is 3. The van der Waals surface area contributed by atoms with Gasteiger partial charge < -0.3 is 15.5 Å². The molecule has 1 heterocycles. The Morgan fingerprint density at radius 1 is 1.33 bits per heavy atom. The molecule has 0 spiro atoms. The van der Waals surface area contributed by atoms with E-state index in [0.717, 1.165) is 25.0 Å². The number of anilines is 1. The predicted molar refractivity (Wildman–Crippen MR) is 74.7 cm³/mol. The lowest BCUT2D eigenvalue weighted by atomic mass is 9.82. The maximum Gasteiger partial charge on any atom is 0.251 e. The Bertz CT molecular complexity index is 508. The molecule has 7 heteroatoms. The van der Waals surface area contributed by atoms with Crippen LogP contribution in [0.4, 0.5) is 14.5 Å². The first kappa shape index (κ1) is 15.7. The van der Waals surface area contributed by atoms with E-state index < -0.39 is 23.2 Å². The molecule has 0 unspecified atom stereocenters. The third-order valence-electron chi connectivity index (χ3n) is 3.82. The third-order valence-corrected chi connectivity index (χ3v) is 3.82. The van der Waals surface area contributed by atoms with Crippen LogP contribution in [0.15, 0.2) is 12.1 Å². The average molecular weight is 299 g/mol. The fraction of sp³-hybridized carbons (Fsp3) is 0.500. The first-order valence-electron chi connectivity index (χ1n) is 6.77. The van der Waals surface area contributed by atoms with Gasteiger partial charge in [0.05, 0.1) is 0 Å². The molecule has 0 atom stereocenters. The summed E-state index contributed by atoms with van der Waals surface area (Å²) >= 11 is 0. The van der Waals surface area contributed by atoms with E-state index in [0.29, 0.717) is 19.8 Å². The molecule has 0 bridgehead atoms. The summed E-state index contributed by atoms with van der Waals surface area (Å²) in [7, 11) is 0. The third kappa shape index (κ3) is 3.68. The Morgan fingerprint density at radius 2 is 1.90 bits per heavy atom. The number of carbonyl (C=O) groups is 1. The Kier molecular flexibility index (Phi) is 4.74. The Balaban J connectivity index is 2.03. The summed E-state index contributed by atoms with van der Waals surface area (Å²) in [4.78, 5) is 12.0. The number of rotatable bonds is 4. The van der Waals surface area contributed by atoms with Crippen molar-refractivity contribution in [1.82, 2.24) is 5.32 Å². The summed E-state index contributed by atoms with van der Waals surface area (Å²) in [5.41, 5.74) is 1.35. The minimum Gasteiger partial charge on any atom is -0.381 e. The van der Waals surface area contributed by atoms with Crippen molar-refractivity contribution < 1.29 is 18.3 Å². The number of hydrazine groups is 1. The van der Waals surface area contributed by atoms with E-state index in [-0.39, 0.29) is 11.0 Å². The van der Waals surface area contributed by atoms with Crippen LogP contribution in [-0.4, -0.2) is 25.7 Å². The molecule has 1 aromatic rings. The Labute approximate surface area is 121 Å². The highest BCUT2D eigenvalue weighted by Gasteiger charge is 2.28. The summed E-state index contributed by atoms with van der Waals surface area (Å²) in [6, 6.07) is 1.92. The van der Waals surface area contributed by atoms with Crippen molar-refractivity contribution in [2.45, 2.75) is 19.8 Å². The molecule has 1 saturated heterocycles. The molecule has 116 valence electrons. The van der Waals surface area contributed by atoms with Gasteiger partial charge in [0.1, 0.15) is 5.69 Å². The summed E-state index contributed by atoms with van der Waals surface area (Å²) < 4.78 is 32.4. The van der Waals surface area contributed by atoms with Crippen LogP contribution in [0.5, 0.6) is 0 Å². The van der Waals surface area contributed by atoms with Crippen molar-refractivity contribution in [3.05, 3.63) is 29.3 Å². The van der Waals surface area contributed by atoms with E-state index in [2.05, 4.69) is 12.2 Å². The zero-order chi connectivity index (χ0) is 15.5. The molecule has 1 fully saturated rings. The molecule has 1 amide bonds. The molecule has 1 aromatic carbocycles. The highest BCUT2D eigenvalue weighted by Crippen LogP contribution is 2.28. The van der Waals surface area contributed by atoms with Gasteiger partial charge in [-0.1, -0.05) is 6.92 Å². The molecule has 2 rings (SSSR count). The highest BCUT2D eigenvalue weighted by molar-refractivity contribution is 5.94. The summed E-state index contributed by atoms with van der Waals surface area (Å²) in [5.74, 6) is 2.69. The summed E-state index contributed by atoms with van der Waals surface area (Å²) in [6.07, 6.45) is 1.68. The normalized spacial score (nSPS) is 17.3. The molecule has 0 aliphatic carbocycles. The van der Waals surface area contributed by atoms with Gasteiger partial charge in [-0.25, -0.2) is 8.78 Å². The highest BCUT2D eigenvalue weighted by atomic mass is 19.1. The fourth-order valence-corrected chi connectivity index (χ4v) is 2.28. The van der Waals surface area contributed by atoms with Crippen molar-refractivity contribution in [3.63, 3.8) is 0 Å². The first-order chi connectivity index (χ1) is 9.95. The van der Waals surface area contributed by atoms with Crippen LogP contribution in [0.1, 0.15) is 30.1 Å². The second-order valence-corrected chi connectivity index (χ2v) is 5.56. The molecule has 0 aromatic heterocycles. The zero-order valence-corrected chi connectivity index (χ0v) is 11.8. The van der Waals surface area contributed by atoms with Crippen molar-refractivity contribution in [3.8, 4) is 0 Å². The number of nitrogen functional groups attached to an aromatic ring is 1. The average Bonchev–Trinajstić information content (AvgIpc) is 2.45. The second kappa shape index (κ2) is 6.36. The molecule has 1 aliphatic rings. The quantitative estimate of drug-likeness (QED) is 0.585. The van der Waals surface area contributed by atoms with Crippen LogP contribution in [0.3, 0.4) is 0 Å². The maximum absolute atomic E-state index is 13.6. The molecule has 0 saturated carbocycles. The van der Waals surface area contributed by atoms with Crippen LogP contribution in [0.25, 0.3) is 0 Å². The number of nitrogens with two attached hydrogens (primary N) is 1. The lowest BCUT2D eigenvalue weighted by Crippen LogP contribution is -2.39. The molecule has 21 heavy (non-hydrogen) atoms. The van der Waals surface area contributed by atoms with Gasteiger partial charge in [-0.3, -0.25) is 10.6 Å². The molecule has 0 radical (unpaired) electrons. The lowest BCUT2D eigenvalue weighted by Gasteiger charge is -2.33. The SMILES string of the molecule is CC1(CNC(=O)c2cc(F)c(NN)c(F)c2)CCOCC1. The van der Waals surface area contributed by atoms with Crippen molar-refractivity contribution in [2.24, 2.45) is 11.3 Å². The summed E-state index contributed by atoms with van der Waals surface area (Å²) in [5, 5.41) is 2.72. The number of amides is 1. The van der Waals surface area contributed by atoms with Crippen molar-refractivity contribution in [2.75, 3.05) is 25.2 Å². The molecular weight excluding hydrogens is 280 g/mol. The minimum absolute atomic E-state index is 0.0518. The number of carbonyl (C=O) groups excluding carboxylic acids is 1. The van der Waals surface area contributed by atoms with E-state index in [9.17, 15) is 13.6 Å². The van der Waals surface area contributed by atoms with Crippen LogP contribution >= 0.6 is 0 Å². The maximum atomic E-state index is 13.6. The topological polar surface area (TPSA) is 76.4 Å². The number of ether oxygens (including phenoxy) is 1. The smallest absolute Gasteiger partial charge is 0.251 e. The molecule has 1 aliphatic heterocycles. The monoisotopic (exact) mass is 299 g/mol. The van der Waals surface area contributed by atoms with Gasteiger partial charge in [0.2, 0.25) is 0 Å². The van der Waals surface area contributed by atoms with E-state index in [1.165, 1.54) is 0 Å². The van der Waals surface area contributed by atoms with Gasteiger partial charge in [0.25, 0.3) is 5.91 Å². The second-order valence-electron chi connectivity index (χ2n) is 5.56. The lowest BCUT2D eigenvalue weighted by molar-refractivity contribution is 0.0238. The summed E-state index contributed by atoms with van der Waals surface area (Å²) in [6.45, 7) is 3.81. The van der Waals surface area contributed by atoms with Gasteiger partial charge in [-0.05, 0) is 30.4 Å². The molecule has 4 N–H and O–H groups in total. The number of nitrogens with one attached hydrogen (secondary N) is 2. The number of halogens is 2. The standard InChI is InChI=1S/C14H19F2N3O2/c1-14(2-4-21-5-3-14)8-18-13(20)9-6-10(15)12(19-17)11(16)7-9/h6-7,19H,2-5,8,17H2,1H3,(H,18,20). The van der Waals surface area contributed by atoms with Crippen molar-refractivity contribution in [1.29, 1.82) is 0 Å². The van der Waals surface area contributed by atoms with Gasteiger partial charge in [0, 0.05) is 25.3 Å². The predicted octanol–water partition coefficient (Wildman–Crippen LogP) is 1.80. The number of hydrogen-bond acceptors (Lipinski definition) is 4. The number of benzene rings is 1. The fourth-order valence-electron chi connectivity index (χ4n) is 2.28. The first-order valence-corrected chi connectivity index (χ1v) is 6.77. The minimum atomic E-state index is -0.903. The van der Waals surface area contributed by atoms with E-state index in [4.69, 9.17) is 10.6 Å². The Hall–Kier alpha value is -1.73. The van der Waals surface area contributed by atoms with Gasteiger partial charge in [-0.15, -0.1) is 0 Å². The van der Waals surface area contributed by atoms with Gasteiger partial charge >= 0.3 is 0 Å². The van der Waals surface area contributed by atoms with Crippen LogP contribution in [0, 0.1) is 17.0 Å². The van der Waals surface area contributed by atoms with Crippen LogP contribution < -0.4 is 16.6 Å². The van der Waals surface area contributed by atoms with E-state index in [1.54, 1.807) is 0 Å². The molecular formula is C14H19F2N3O2.